The third kappa shape index (κ3) is 6.70. The zero-order chi connectivity index (χ0) is 34.9. The number of nitrogens with one attached hydrogen (secondary N) is 1. The molecule has 49 heavy (non-hydrogen) atoms. The molecule has 3 aromatic heterocycles. The van der Waals surface area contributed by atoms with E-state index in [4.69, 9.17) is 9.47 Å². The number of halogens is 1. The fourth-order valence-electron chi connectivity index (χ4n) is 6.94. The van der Waals surface area contributed by atoms with Gasteiger partial charge < -0.3 is 19.7 Å². The number of nitrogens with zero attached hydrogens (tertiary/aromatic N) is 6. The Bertz CT molecular complexity index is 1940. The summed E-state index contributed by atoms with van der Waals surface area (Å²) >= 11 is 3.40. The zero-order valence-electron chi connectivity index (χ0n) is 27.7. The number of carbonyl (C=O) groups excluding carboxylic acids is 3. The summed E-state index contributed by atoms with van der Waals surface area (Å²) < 4.78 is 13.6. The van der Waals surface area contributed by atoms with Gasteiger partial charge in [-0.2, -0.15) is 5.10 Å². The Morgan fingerprint density at radius 1 is 1.08 bits per heavy atom. The van der Waals surface area contributed by atoms with Crippen molar-refractivity contribution in [1.29, 1.82) is 0 Å². The number of hydrogen-bond acceptors (Lipinski definition) is 9. The molecule has 0 radical (unpaired) electrons. The van der Waals surface area contributed by atoms with Crippen LogP contribution in [0, 0.1) is 18.3 Å². The molecule has 1 saturated carbocycles. The highest BCUT2D eigenvalue weighted by Crippen LogP contribution is 2.64. The molecule has 1 aliphatic carbocycles. The number of carbonyl (C=O) groups is 3. The summed E-state index contributed by atoms with van der Waals surface area (Å²) in [6, 6.07) is 8.20. The van der Waals surface area contributed by atoms with Crippen LogP contribution >= 0.6 is 15.9 Å². The molecular weight excluding hydrogens is 690 g/mol. The second-order valence-electron chi connectivity index (χ2n) is 12.5. The second-order valence-corrected chi connectivity index (χ2v) is 13.4. The molecule has 4 aromatic rings. The lowest BCUT2D eigenvalue weighted by molar-refractivity contribution is -0.138. The largest absolute Gasteiger partial charge is 0.377 e. The predicted molar refractivity (Wildman–Crippen MR) is 188 cm³/mol. The van der Waals surface area contributed by atoms with Crippen LogP contribution < -0.4 is 5.32 Å². The van der Waals surface area contributed by atoms with Gasteiger partial charge in [-0.1, -0.05) is 31.2 Å². The van der Waals surface area contributed by atoms with Crippen LogP contribution in [-0.4, -0.2) is 79.1 Å². The molecule has 13 heteroatoms. The lowest BCUT2D eigenvalue weighted by atomic mass is 9.96. The normalized spacial score (nSPS) is 21.0. The summed E-state index contributed by atoms with van der Waals surface area (Å²) in [6.07, 6.45) is 7.21. The third-order valence-corrected chi connectivity index (χ3v) is 9.87. The van der Waals surface area contributed by atoms with Crippen LogP contribution in [0.25, 0.3) is 22.0 Å². The van der Waals surface area contributed by atoms with Crippen molar-refractivity contribution in [2.75, 3.05) is 25.1 Å². The van der Waals surface area contributed by atoms with Gasteiger partial charge in [0.1, 0.15) is 34.5 Å². The summed E-state index contributed by atoms with van der Waals surface area (Å²) in [5.41, 5.74) is 2.81. The van der Waals surface area contributed by atoms with Crippen molar-refractivity contribution in [3.05, 3.63) is 89.7 Å². The van der Waals surface area contributed by atoms with Gasteiger partial charge in [0.25, 0.3) is 0 Å². The monoisotopic (exact) mass is 727 g/mol. The van der Waals surface area contributed by atoms with Gasteiger partial charge in [-0.15, -0.1) is 13.2 Å². The highest BCUT2D eigenvalue weighted by molar-refractivity contribution is 9.10. The number of Topliss-reactive ketones (excluding diaryl/α,β-unsaturated/α-hetero) is 1. The Morgan fingerprint density at radius 2 is 1.82 bits per heavy atom. The van der Waals surface area contributed by atoms with E-state index < -0.39 is 6.04 Å². The number of aromatic nitrogens is 5. The first-order chi connectivity index (χ1) is 23.6. The van der Waals surface area contributed by atoms with Gasteiger partial charge in [-0.05, 0) is 59.0 Å². The number of ether oxygens (including phenoxy) is 2. The first-order valence-electron chi connectivity index (χ1n) is 16.0. The number of rotatable bonds is 14. The fourth-order valence-corrected chi connectivity index (χ4v) is 7.25. The van der Waals surface area contributed by atoms with Gasteiger partial charge in [0.05, 0.1) is 31.9 Å². The molecule has 1 saturated heterocycles. The van der Waals surface area contributed by atoms with E-state index in [2.05, 4.69) is 61.4 Å². The molecule has 1 aromatic carbocycles. The van der Waals surface area contributed by atoms with E-state index in [0.717, 1.165) is 11.1 Å². The van der Waals surface area contributed by atoms with Crippen LogP contribution in [0.1, 0.15) is 42.1 Å². The Hall–Kier alpha value is -4.59. The van der Waals surface area contributed by atoms with Crippen LogP contribution in [0.4, 0.5) is 5.82 Å². The number of benzene rings is 1. The molecule has 0 spiro atoms. The van der Waals surface area contributed by atoms with Gasteiger partial charge in [0, 0.05) is 47.3 Å². The van der Waals surface area contributed by atoms with Crippen LogP contribution in [-0.2, 0) is 32.2 Å². The van der Waals surface area contributed by atoms with Crippen molar-refractivity contribution in [2.24, 2.45) is 11.3 Å². The van der Waals surface area contributed by atoms with Gasteiger partial charge in [-0.3, -0.25) is 19.1 Å². The molecule has 1 unspecified atom stereocenters. The average molecular weight is 729 g/mol. The summed E-state index contributed by atoms with van der Waals surface area (Å²) in [4.78, 5) is 55.9. The highest BCUT2D eigenvalue weighted by Gasteiger charge is 2.72. The van der Waals surface area contributed by atoms with Crippen molar-refractivity contribution < 1.29 is 23.9 Å². The standard InChI is InChI=1S/C36H38BrN7O5/c1-6-12-48-19-25-9-11-30(37)40-34(25)41-35(47)29-15-36(20-49-13-7-2)21(3)33(36)44(29)31(46)18-43-28-10-8-24(26-16-38-23(5)39-17-26)14-27(28)32(42-43)22(4)45/h6-11,14,16-17,21,29,33H,1-2,12-13,15,18-20H2,3-5H3,(H,40,41,47)/t21-,29+,33?,36+/m1/s1. The van der Waals surface area contributed by atoms with E-state index in [9.17, 15) is 14.4 Å². The van der Waals surface area contributed by atoms with Gasteiger partial charge in [-0.25, -0.2) is 15.0 Å². The molecule has 2 amide bonds. The first-order valence-corrected chi connectivity index (χ1v) is 16.8. The Labute approximate surface area is 292 Å². The molecular formula is C36H38BrN7O5. The van der Waals surface area contributed by atoms with Crippen molar-refractivity contribution in [2.45, 2.75) is 52.4 Å². The molecule has 2 aliphatic rings. The van der Waals surface area contributed by atoms with Crippen LogP contribution in [0.2, 0.25) is 0 Å². The lowest BCUT2D eigenvalue weighted by Gasteiger charge is -2.28. The molecule has 2 fully saturated rings. The predicted octanol–water partition coefficient (Wildman–Crippen LogP) is 5.31. The summed E-state index contributed by atoms with van der Waals surface area (Å²) in [6.45, 7) is 13.9. The Kier molecular flexibility index (Phi) is 9.87. The Morgan fingerprint density at radius 3 is 2.53 bits per heavy atom. The smallest absolute Gasteiger partial charge is 0.248 e. The maximum Gasteiger partial charge on any atom is 0.248 e. The summed E-state index contributed by atoms with van der Waals surface area (Å²) in [5.74, 6) is 0.245. The number of amides is 2. The average Bonchev–Trinajstić information content (AvgIpc) is 3.34. The van der Waals surface area contributed by atoms with Crippen LogP contribution in [0.15, 0.2) is 72.6 Å². The second kappa shape index (κ2) is 14.1. The number of anilines is 1. The number of likely N-dealkylation sites (tertiary alicyclic amines) is 1. The van der Waals surface area contributed by atoms with Crippen LogP contribution in [0.5, 0.6) is 0 Å². The number of hydrogen-bond donors (Lipinski definition) is 1. The van der Waals surface area contributed by atoms with E-state index in [0.29, 0.717) is 59.0 Å². The Balaban J connectivity index is 1.31. The van der Waals surface area contributed by atoms with E-state index in [1.54, 1.807) is 40.2 Å². The van der Waals surface area contributed by atoms with E-state index >= 15 is 0 Å². The summed E-state index contributed by atoms with van der Waals surface area (Å²) in [5, 5.41) is 8.18. The number of piperidine rings is 1. The van der Waals surface area contributed by atoms with Gasteiger partial charge in [0.2, 0.25) is 11.8 Å². The highest BCUT2D eigenvalue weighted by atomic mass is 79.9. The minimum Gasteiger partial charge on any atom is -0.377 e. The molecule has 254 valence electrons. The summed E-state index contributed by atoms with van der Waals surface area (Å²) in [7, 11) is 0. The van der Waals surface area contributed by atoms with Gasteiger partial charge in [0.15, 0.2) is 5.78 Å². The third-order valence-electron chi connectivity index (χ3n) is 9.43. The topological polar surface area (TPSA) is 141 Å². The maximum absolute atomic E-state index is 14.3. The molecule has 1 N–H and O–H groups in total. The van der Waals surface area contributed by atoms with E-state index in [1.165, 1.54) is 6.92 Å². The molecule has 6 rings (SSSR count). The van der Waals surface area contributed by atoms with Crippen molar-refractivity contribution in [3.8, 4) is 11.1 Å². The number of ketones is 1. The molecule has 12 nitrogen and oxygen atoms in total. The zero-order valence-corrected chi connectivity index (χ0v) is 29.3. The molecule has 4 atom stereocenters. The minimum atomic E-state index is -0.786. The molecule has 1 aliphatic heterocycles. The molecule has 0 bridgehead atoms. The van der Waals surface area contributed by atoms with E-state index in [1.807, 2.05) is 31.2 Å². The molecule has 4 heterocycles. The van der Waals surface area contributed by atoms with Crippen LogP contribution in [0.3, 0.4) is 0 Å². The van der Waals surface area contributed by atoms with Crippen molar-refractivity contribution >= 4 is 50.2 Å². The van der Waals surface area contributed by atoms with Crippen molar-refractivity contribution in [3.63, 3.8) is 0 Å². The lowest BCUT2D eigenvalue weighted by Crippen LogP contribution is -2.47. The number of pyridine rings is 1. The minimum absolute atomic E-state index is 0.110. The number of fused-ring (bicyclic) bond motifs is 2. The SMILES string of the molecule is C=CCOCc1ccc(Br)nc1NC(=O)[C@@H]1C[C@@]2(COCC=C)C([C@H]2C)N1C(=O)Cn1nc(C(C)=O)c2cc(-c3cnc(C)nc3)ccc21. The van der Waals surface area contributed by atoms with Crippen molar-refractivity contribution in [1.82, 2.24) is 29.6 Å². The fraction of sp³-hybridized carbons (Fsp3) is 0.361. The van der Waals surface area contributed by atoms with Gasteiger partial charge >= 0.3 is 0 Å². The maximum atomic E-state index is 14.3. The number of aryl methyl sites for hydroxylation is 1. The first kappa shape index (κ1) is 34.3. The van der Waals surface area contributed by atoms with E-state index in [-0.39, 0.29) is 53.8 Å². The quantitative estimate of drug-likeness (QED) is 0.0792.